The van der Waals surface area contributed by atoms with Crippen molar-refractivity contribution in [3.8, 4) is 11.5 Å². The average molecular weight is 438 g/mol. The first kappa shape index (κ1) is 22.5. The number of fused-ring (bicyclic) bond motifs is 1. The molecule has 0 aliphatic carbocycles. The minimum atomic E-state index is -1.60. The Bertz CT molecular complexity index is 1010. The van der Waals surface area contributed by atoms with Gasteiger partial charge in [0.05, 0.1) is 7.11 Å². The predicted octanol–water partition coefficient (Wildman–Crippen LogP) is 0.122. The predicted molar refractivity (Wildman–Crippen MR) is 103 cm³/mol. The number of methoxy groups -OCH3 is 1. The molecule has 11 nitrogen and oxygen atoms in total. The maximum absolute atomic E-state index is 11.5. The number of carbonyl (C=O) groups excluding carboxylic acids is 2. The van der Waals surface area contributed by atoms with Gasteiger partial charge in [-0.15, -0.1) is 0 Å². The molecule has 5 atom stereocenters. The summed E-state index contributed by atoms with van der Waals surface area (Å²) in [4.78, 5) is 34.1. The fraction of sp³-hybridized carbons (Fsp3) is 0.450. The number of hydrogen-bond donors (Lipinski definition) is 2. The van der Waals surface area contributed by atoms with Gasteiger partial charge in [-0.1, -0.05) is 0 Å². The lowest BCUT2D eigenvalue weighted by Gasteiger charge is -2.41. The Morgan fingerprint density at radius 2 is 1.81 bits per heavy atom. The number of carbonyl (C=O) groups is 2. The second-order valence-corrected chi connectivity index (χ2v) is 6.81. The molecule has 5 unspecified atom stereocenters. The molecule has 1 fully saturated rings. The van der Waals surface area contributed by atoms with Crippen LogP contribution in [0, 0.1) is 0 Å². The highest BCUT2D eigenvalue weighted by Crippen LogP contribution is 2.35. The Hall–Kier alpha value is -3.15. The summed E-state index contributed by atoms with van der Waals surface area (Å²) >= 11 is 0. The van der Waals surface area contributed by atoms with Crippen LogP contribution in [0.25, 0.3) is 11.0 Å². The van der Waals surface area contributed by atoms with Crippen LogP contribution in [0.2, 0.25) is 0 Å². The van der Waals surface area contributed by atoms with Gasteiger partial charge in [0.15, 0.2) is 23.7 Å². The normalized spacial score (nSPS) is 25.6. The van der Waals surface area contributed by atoms with Crippen molar-refractivity contribution >= 4 is 22.9 Å². The molecule has 1 saturated heterocycles. The summed E-state index contributed by atoms with van der Waals surface area (Å²) < 4.78 is 31.6. The zero-order valence-corrected chi connectivity index (χ0v) is 17.0. The largest absolute Gasteiger partial charge is 0.493 e. The van der Waals surface area contributed by atoms with Crippen LogP contribution in [-0.2, 0) is 23.8 Å². The number of rotatable bonds is 6. The Morgan fingerprint density at radius 3 is 2.45 bits per heavy atom. The number of aliphatic hydroxyl groups excluding tert-OH is 2. The van der Waals surface area contributed by atoms with Crippen molar-refractivity contribution in [3.63, 3.8) is 0 Å². The Morgan fingerprint density at radius 1 is 1.06 bits per heavy atom. The van der Waals surface area contributed by atoms with Crippen molar-refractivity contribution in [2.24, 2.45) is 0 Å². The Labute approximate surface area is 176 Å². The van der Waals surface area contributed by atoms with Crippen molar-refractivity contribution in [2.75, 3.05) is 13.7 Å². The maximum Gasteiger partial charge on any atom is 0.336 e. The van der Waals surface area contributed by atoms with E-state index < -0.39 is 48.3 Å². The molecule has 2 aromatic rings. The van der Waals surface area contributed by atoms with Gasteiger partial charge >= 0.3 is 17.6 Å². The summed E-state index contributed by atoms with van der Waals surface area (Å²) in [6.45, 7) is 1.92. The zero-order chi connectivity index (χ0) is 22.7. The smallest absolute Gasteiger partial charge is 0.336 e. The van der Waals surface area contributed by atoms with Crippen LogP contribution < -0.4 is 15.1 Å². The highest BCUT2D eigenvalue weighted by atomic mass is 16.7. The first-order chi connectivity index (χ1) is 14.7. The van der Waals surface area contributed by atoms with Gasteiger partial charge in [0.2, 0.25) is 6.29 Å². The Balaban J connectivity index is 1.92. The molecule has 31 heavy (non-hydrogen) atoms. The molecule has 168 valence electrons. The highest BCUT2D eigenvalue weighted by Gasteiger charge is 2.48. The number of esters is 2. The molecule has 0 bridgehead atoms. The van der Waals surface area contributed by atoms with Crippen LogP contribution in [-0.4, -0.2) is 66.6 Å². The lowest BCUT2D eigenvalue weighted by molar-refractivity contribution is -0.282. The molecule has 2 N–H and O–H groups in total. The third-order valence-electron chi connectivity index (χ3n) is 4.54. The molecule has 3 rings (SSSR count). The van der Waals surface area contributed by atoms with E-state index in [2.05, 4.69) is 0 Å². The van der Waals surface area contributed by atoms with Crippen molar-refractivity contribution in [1.29, 1.82) is 0 Å². The summed E-state index contributed by atoms with van der Waals surface area (Å²) in [5, 5.41) is 21.6. The van der Waals surface area contributed by atoms with E-state index >= 15 is 0 Å². The van der Waals surface area contributed by atoms with E-state index in [1.54, 1.807) is 12.1 Å². The zero-order valence-electron chi connectivity index (χ0n) is 17.0. The summed E-state index contributed by atoms with van der Waals surface area (Å²) in [7, 11) is 1.39. The lowest BCUT2D eigenvalue weighted by atomic mass is 9.99. The molecule has 1 aliphatic heterocycles. The molecule has 1 aromatic heterocycles. The van der Waals surface area contributed by atoms with Crippen molar-refractivity contribution < 1.29 is 47.9 Å². The quantitative estimate of drug-likeness (QED) is 0.467. The van der Waals surface area contributed by atoms with Gasteiger partial charge in [-0.2, -0.15) is 0 Å². The third kappa shape index (κ3) is 5.13. The van der Waals surface area contributed by atoms with Gasteiger partial charge in [0.1, 0.15) is 24.4 Å². The van der Waals surface area contributed by atoms with Crippen LogP contribution in [0.5, 0.6) is 11.5 Å². The van der Waals surface area contributed by atoms with E-state index in [0.717, 1.165) is 6.92 Å². The van der Waals surface area contributed by atoms with Crippen LogP contribution in [0.3, 0.4) is 0 Å². The van der Waals surface area contributed by atoms with E-state index in [1.165, 1.54) is 26.2 Å². The van der Waals surface area contributed by atoms with Crippen LogP contribution in [0.4, 0.5) is 0 Å². The molecular weight excluding hydrogens is 416 g/mol. The second-order valence-electron chi connectivity index (χ2n) is 6.81. The number of ether oxygens (including phenoxy) is 5. The molecule has 0 radical (unpaired) electrons. The van der Waals surface area contributed by atoms with Crippen LogP contribution >= 0.6 is 0 Å². The van der Waals surface area contributed by atoms with Gasteiger partial charge in [0, 0.05) is 31.4 Å². The number of benzene rings is 1. The SMILES string of the molecule is COc1cc2ccc(=O)oc2cc1OC1OC(COC(C)=O)C(O)C(OC(C)=O)C1O. The fourth-order valence-electron chi connectivity index (χ4n) is 3.12. The van der Waals surface area contributed by atoms with Crippen LogP contribution in [0.15, 0.2) is 33.5 Å². The van der Waals surface area contributed by atoms with Crippen LogP contribution in [0.1, 0.15) is 13.8 Å². The summed E-state index contributed by atoms with van der Waals surface area (Å²) in [5.41, 5.74) is -0.376. The highest BCUT2D eigenvalue weighted by molar-refractivity contribution is 5.80. The van der Waals surface area contributed by atoms with Crippen molar-refractivity contribution in [2.45, 2.75) is 44.6 Å². The molecule has 2 heterocycles. The molecule has 0 amide bonds. The minimum Gasteiger partial charge on any atom is -0.493 e. The lowest BCUT2D eigenvalue weighted by Crippen LogP contribution is -2.61. The minimum absolute atomic E-state index is 0.0533. The summed E-state index contributed by atoms with van der Waals surface area (Å²) in [6, 6.07) is 5.72. The topological polar surface area (TPSA) is 151 Å². The van der Waals surface area contributed by atoms with E-state index in [-0.39, 0.29) is 23.7 Å². The molecule has 0 saturated carbocycles. The van der Waals surface area contributed by atoms with E-state index in [0.29, 0.717) is 5.39 Å². The first-order valence-electron chi connectivity index (χ1n) is 9.30. The van der Waals surface area contributed by atoms with Crippen molar-refractivity contribution in [3.05, 3.63) is 34.7 Å². The number of hydrogen-bond acceptors (Lipinski definition) is 11. The second kappa shape index (κ2) is 9.33. The fourth-order valence-corrected chi connectivity index (χ4v) is 3.12. The average Bonchev–Trinajstić information content (AvgIpc) is 2.71. The van der Waals surface area contributed by atoms with Gasteiger partial charge in [0.25, 0.3) is 0 Å². The third-order valence-corrected chi connectivity index (χ3v) is 4.54. The maximum atomic E-state index is 11.5. The van der Waals surface area contributed by atoms with Gasteiger partial charge in [-0.25, -0.2) is 4.79 Å². The van der Waals surface area contributed by atoms with E-state index in [1.807, 2.05) is 0 Å². The van der Waals surface area contributed by atoms with Gasteiger partial charge in [-0.05, 0) is 12.1 Å². The summed E-state index contributed by atoms with van der Waals surface area (Å²) in [6.07, 6.45) is -7.12. The number of aliphatic hydroxyl groups is 2. The molecule has 11 heteroatoms. The van der Waals surface area contributed by atoms with E-state index in [9.17, 15) is 24.6 Å². The van der Waals surface area contributed by atoms with Gasteiger partial charge in [-0.3, -0.25) is 9.59 Å². The standard InChI is InChI=1S/C20H22O11/c1-9(21)27-8-15-17(24)19(28-10(2)22)18(25)20(31-15)30-14-7-12-11(6-13(14)26-3)4-5-16(23)29-12/h4-7,15,17-20,24-25H,8H2,1-3H3. The Kier molecular flexibility index (Phi) is 6.78. The first-order valence-corrected chi connectivity index (χ1v) is 9.30. The molecular formula is C20H22O11. The molecule has 0 spiro atoms. The molecule has 1 aliphatic rings. The monoisotopic (exact) mass is 438 g/mol. The van der Waals surface area contributed by atoms with Crippen molar-refractivity contribution in [1.82, 2.24) is 0 Å². The summed E-state index contributed by atoms with van der Waals surface area (Å²) in [5.74, 6) is -1.07. The van der Waals surface area contributed by atoms with Gasteiger partial charge < -0.3 is 38.3 Å². The molecule has 1 aromatic carbocycles. The van der Waals surface area contributed by atoms with E-state index in [4.69, 9.17) is 28.1 Å².